The van der Waals surface area contributed by atoms with Crippen molar-refractivity contribution in [2.75, 3.05) is 61.1 Å². The Labute approximate surface area is 264 Å². The molecule has 3 aromatic rings. The number of rotatable bonds is 6. The maximum absolute atomic E-state index is 14.4. The highest BCUT2D eigenvalue weighted by Gasteiger charge is 2.49. The van der Waals surface area contributed by atoms with Gasteiger partial charge in [0, 0.05) is 32.7 Å². The van der Waals surface area contributed by atoms with Crippen LogP contribution >= 0.6 is 11.3 Å². The smallest absolute Gasteiger partial charge is 0.413 e. The first kappa shape index (κ1) is 30.1. The lowest BCUT2D eigenvalue weighted by Crippen LogP contribution is -2.43. The summed E-state index contributed by atoms with van der Waals surface area (Å²) in [5, 5.41) is 3.09. The van der Waals surface area contributed by atoms with Crippen molar-refractivity contribution in [3.8, 4) is 6.01 Å². The van der Waals surface area contributed by atoms with Gasteiger partial charge in [-0.05, 0) is 58.7 Å². The molecule has 0 aliphatic carbocycles. The quantitative estimate of drug-likeness (QED) is 0.404. The molecule has 2 amide bonds. The number of alkyl halides is 1. The van der Waals surface area contributed by atoms with Crippen LogP contribution in [-0.2, 0) is 16.0 Å². The third-order valence-corrected chi connectivity index (χ3v) is 9.70. The molecule has 0 radical (unpaired) electrons. The van der Waals surface area contributed by atoms with E-state index in [9.17, 15) is 14.0 Å². The average molecular weight is 640 g/mol. The molecule has 0 saturated carbocycles. The van der Waals surface area contributed by atoms with E-state index in [0.29, 0.717) is 79.3 Å². The van der Waals surface area contributed by atoms with E-state index < -0.39 is 17.9 Å². The molecular weight excluding hydrogens is 601 g/mol. The zero-order valence-corrected chi connectivity index (χ0v) is 26.6. The first-order valence-corrected chi connectivity index (χ1v) is 16.4. The van der Waals surface area contributed by atoms with Gasteiger partial charge >= 0.3 is 12.1 Å². The van der Waals surface area contributed by atoms with E-state index in [4.69, 9.17) is 24.2 Å². The lowest BCUT2D eigenvalue weighted by Gasteiger charge is -2.31. The van der Waals surface area contributed by atoms with E-state index in [1.165, 1.54) is 11.3 Å². The molecule has 240 valence electrons. The fourth-order valence-electron chi connectivity index (χ4n) is 6.85. The number of fused-ring (bicyclic) bond motifs is 3. The number of halogens is 1. The number of hydrogen-bond donors (Lipinski definition) is 1. The molecule has 4 aliphatic rings. The number of aromatic nitrogens is 3. The normalized spacial score (nSPS) is 23.7. The Kier molecular flexibility index (Phi) is 7.77. The van der Waals surface area contributed by atoms with E-state index in [0.717, 1.165) is 30.5 Å². The van der Waals surface area contributed by atoms with Gasteiger partial charge in [-0.25, -0.2) is 14.2 Å². The number of nitrogens with zero attached hydrogens (tertiary/aromatic N) is 6. The Morgan fingerprint density at radius 3 is 2.89 bits per heavy atom. The Balaban J connectivity index is 1.20. The molecule has 2 aromatic heterocycles. The summed E-state index contributed by atoms with van der Waals surface area (Å²) in [6.07, 6.45) is 1.69. The molecule has 7 rings (SSSR count). The van der Waals surface area contributed by atoms with Gasteiger partial charge in [0.2, 0.25) is 0 Å². The lowest BCUT2D eigenvalue weighted by atomic mass is 9.95. The van der Waals surface area contributed by atoms with Gasteiger partial charge in [-0.3, -0.25) is 19.9 Å². The Hall–Kier alpha value is -3.62. The van der Waals surface area contributed by atoms with Gasteiger partial charge in [0.1, 0.15) is 35.3 Å². The fraction of sp³-hybridized carbons (Fsp3) is 0.581. The summed E-state index contributed by atoms with van der Waals surface area (Å²) in [4.78, 5) is 46.7. The largest absolute Gasteiger partial charge is 0.461 e. The van der Waals surface area contributed by atoms with Crippen LogP contribution in [0.3, 0.4) is 0 Å². The van der Waals surface area contributed by atoms with Gasteiger partial charge in [-0.15, -0.1) is 0 Å². The van der Waals surface area contributed by atoms with Crippen LogP contribution in [0.4, 0.5) is 25.8 Å². The molecule has 1 aromatic carbocycles. The molecular formula is C31H38FN7O5S. The number of carbonyl (C=O) groups is 2. The van der Waals surface area contributed by atoms with E-state index in [-0.39, 0.29) is 24.0 Å². The monoisotopic (exact) mass is 639 g/mol. The van der Waals surface area contributed by atoms with E-state index in [1.807, 2.05) is 18.2 Å². The molecule has 0 spiro atoms. The van der Waals surface area contributed by atoms with Gasteiger partial charge in [0.05, 0.1) is 34.8 Å². The van der Waals surface area contributed by atoms with Crippen molar-refractivity contribution in [2.45, 2.75) is 70.3 Å². The van der Waals surface area contributed by atoms with Gasteiger partial charge in [-0.1, -0.05) is 17.4 Å². The predicted molar refractivity (Wildman–Crippen MR) is 168 cm³/mol. The molecule has 6 heterocycles. The van der Waals surface area contributed by atoms with Crippen molar-refractivity contribution >= 4 is 50.2 Å². The van der Waals surface area contributed by atoms with E-state index in [2.05, 4.69) is 20.1 Å². The van der Waals surface area contributed by atoms with Crippen LogP contribution in [0.25, 0.3) is 10.2 Å². The zero-order valence-electron chi connectivity index (χ0n) is 25.8. The number of thiazole rings is 1. The first-order chi connectivity index (χ1) is 21.6. The van der Waals surface area contributed by atoms with Gasteiger partial charge in [0.15, 0.2) is 5.13 Å². The van der Waals surface area contributed by atoms with E-state index in [1.54, 1.807) is 25.7 Å². The van der Waals surface area contributed by atoms with Crippen LogP contribution in [0.15, 0.2) is 18.2 Å². The summed E-state index contributed by atoms with van der Waals surface area (Å²) >= 11 is 1.30. The topological polar surface area (TPSA) is 122 Å². The van der Waals surface area contributed by atoms with Gasteiger partial charge in [0.25, 0.3) is 5.91 Å². The Morgan fingerprint density at radius 1 is 1.18 bits per heavy atom. The van der Waals surface area contributed by atoms with Crippen LogP contribution in [0.1, 0.15) is 62.5 Å². The molecule has 0 bridgehead atoms. The number of anilines is 3. The molecule has 3 saturated heterocycles. The number of hydrogen-bond acceptors (Lipinski definition) is 11. The van der Waals surface area contributed by atoms with Crippen LogP contribution in [0, 0.1) is 0 Å². The summed E-state index contributed by atoms with van der Waals surface area (Å²) in [7, 11) is 0. The van der Waals surface area contributed by atoms with E-state index >= 15 is 0 Å². The molecule has 0 unspecified atom stereocenters. The number of nitrogens with one attached hydrogen (secondary N) is 1. The highest BCUT2D eigenvalue weighted by atomic mass is 32.1. The maximum Gasteiger partial charge on any atom is 0.413 e. The third kappa shape index (κ3) is 5.90. The molecule has 1 N–H and O–H groups in total. The minimum Gasteiger partial charge on any atom is -0.461 e. The first-order valence-electron chi connectivity index (χ1n) is 15.6. The van der Waals surface area contributed by atoms with Crippen LogP contribution in [0.5, 0.6) is 6.01 Å². The zero-order chi connectivity index (χ0) is 31.3. The molecule has 45 heavy (non-hydrogen) atoms. The Morgan fingerprint density at radius 2 is 2.04 bits per heavy atom. The number of ether oxygens (including phenoxy) is 3. The van der Waals surface area contributed by atoms with Crippen molar-refractivity contribution in [3.63, 3.8) is 0 Å². The Bertz CT molecular complexity index is 1620. The van der Waals surface area contributed by atoms with Crippen molar-refractivity contribution < 1.29 is 28.2 Å². The second-order valence-electron chi connectivity index (χ2n) is 13.1. The number of benzene rings is 1. The van der Waals surface area contributed by atoms with Crippen molar-refractivity contribution in [3.05, 3.63) is 29.5 Å². The van der Waals surface area contributed by atoms with Gasteiger partial charge < -0.3 is 19.1 Å². The predicted octanol–water partition coefficient (Wildman–Crippen LogP) is 4.78. The molecule has 3 fully saturated rings. The minimum absolute atomic E-state index is 0.197. The average Bonchev–Trinajstić information content (AvgIpc) is 3.66. The highest BCUT2D eigenvalue weighted by Crippen LogP contribution is 2.42. The number of para-hydroxylation sites is 1. The third-order valence-electron chi connectivity index (χ3n) is 8.76. The van der Waals surface area contributed by atoms with Crippen molar-refractivity contribution in [2.24, 2.45) is 0 Å². The second-order valence-corrected chi connectivity index (χ2v) is 14.2. The highest BCUT2D eigenvalue weighted by molar-refractivity contribution is 7.22. The summed E-state index contributed by atoms with van der Waals surface area (Å²) in [6.45, 7) is 9.63. The standard InChI is InChI=1S/C31H38FN7O5S/c1-30(2,3)44-29(41)36-28-34-24-21(7-4-8-22(24)45-28)39-17-20-23(26(39)40)25(37-10-6-13-42-14-12-37)35-27(33-20)43-18-31-9-5-11-38(31)16-19(32)15-31/h4,7-8,19H,5-6,9-18H2,1-3H3,(H,34,36,41)/t19-,31+/m1/s1. The SMILES string of the molecule is CC(C)(C)OC(=O)Nc1nc2c(N3Cc4nc(OC[C@@]56CCCN5C[C@H](F)C6)nc(N5CCCOCC5)c4C3=O)cccc2s1. The number of carbonyl (C=O) groups excluding carboxylic acids is 2. The summed E-state index contributed by atoms with van der Waals surface area (Å²) in [6, 6.07) is 5.80. The molecule has 14 heteroatoms. The number of amides is 2. The van der Waals surface area contributed by atoms with Crippen LogP contribution in [-0.4, -0.2) is 95.2 Å². The molecule has 12 nitrogen and oxygen atoms in total. The lowest BCUT2D eigenvalue weighted by molar-refractivity contribution is 0.0635. The van der Waals surface area contributed by atoms with Gasteiger partial charge in [-0.2, -0.15) is 9.97 Å². The summed E-state index contributed by atoms with van der Waals surface area (Å²) in [5.41, 5.74) is 1.21. The van der Waals surface area contributed by atoms with Crippen molar-refractivity contribution in [1.82, 2.24) is 19.9 Å². The molecule has 4 aliphatic heterocycles. The minimum atomic E-state index is -0.859. The maximum atomic E-state index is 14.4. The van der Waals surface area contributed by atoms with Crippen LogP contribution in [0.2, 0.25) is 0 Å². The molecule has 2 atom stereocenters. The van der Waals surface area contributed by atoms with Crippen molar-refractivity contribution in [1.29, 1.82) is 0 Å². The fourth-order valence-corrected chi connectivity index (χ4v) is 7.72. The summed E-state index contributed by atoms with van der Waals surface area (Å²) in [5.74, 6) is 0.303. The van der Waals surface area contributed by atoms with Crippen LogP contribution < -0.4 is 19.9 Å². The second kappa shape index (κ2) is 11.6. The summed E-state index contributed by atoms with van der Waals surface area (Å²) < 4.78 is 32.6.